The summed E-state index contributed by atoms with van der Waals surface area (Å²) in [6.07, 6.45) is 9.37. The third-order valence-electron chi connectivity index (χ3n) is 8.67. The summed E-state index contributed by atoms with van der Waals surface area (Å²) in [7, 11) is -3.55. The van der Waals surface area contributed by atoms with E-state index in [2.05, 4.69) is 22.8 Å². The van der Waals surface area contributed by atoms with Crippen LogP contribution in [0.4, 0.5) is 11.6 Å². The number of anilines is 2. The van der Waals surface area contributed by atoms with E-state index in [0.29, 0.717) is 22.7 Å². The van der Waals surface area contributed by atoms with Crippen molar-refractivity contribution in [2.24, 2.45) is 0 Å². The van der Waals surface area contributed by atoms with E-state index in [1.165, 1.54) is 40.9 Å². The Bertz CT molecular complexity index is 1620. The molecule has 8 rings (SSSR count). The number of nitrogens with one attached hydrogen (secondary N) is 2. The second-order valence-corrected chi connectivity index (χ2v) is 14.8. The maximum Gasteiger partial charge on any atom is 0.265 e. The molecular formula is C29H31N5O3S2. The van der Waals surface area contributed by atoms with Gasteiger partial charge in [0.25, 0.3) is 5.91 Å². The first kappa shape index (κ1) is 24.0. The predicted molar refractivity (Wildman–Crippen MR) is 151 cm³/mol. The number of rotatable bonds is 6. The third kappa shape index (κ3) is 4.37. The summed E-state index contributed by atoms with van der Waals surface area (Å²) >= 11 is 1.28. The summed E-state index contributed by atoms with van der Waals surface area (Å²) in [4.78, 5) is 26.2. The number of aromatic nitrogens is 2. The minimum absolute atomic E-state index is 0.0255. The van der Waals surface area contributed by atoms with Crippen molar-refractivity contribution >= 4 is 38.7 Å². The largest absolute Gasteiger partial charge is 0.334 e. The molecular weight excluding hydrogens is 530 g/mol. The lowest BCUT2D eigenvalue weighted by molar-refractivity contribution is 0.0758. The van der Waals surface area contributed by atoms with Crippen molar-refractivity contribution < 1.29 is 13.2 Å². The van der Waals surface area contributed by atoms with Crippen molar-refractivity contribution in [3.05, 3.63) is 51.5 Å². The molecule has 5 aliphatic rings. The summed E-state index contributed by atoms with van der Waals surface area (Å²) in [6.45, 7) is 2.17. The van der Waals surface area contributed by atoms with Crippen LogP contribution in [0.25, 0.3) is 10.6 Å². The van der Waals surface area contributed by atoms with Crippen molar-refractivity contribution in [1.82, 2.24) is 20.2 Å². The van der Waals surface area contributed by atoms with E-state index in [0.717, 1.165) is 67.0 Å². The van der Waals surface area contributed by atoms with Gasteiger partial charge in [-0.25, -0.2) is 18.4 Å². The number of hydrogen-bond donors (Lipinski definition) is 2. The lowest BCUT2D eigenvalue weighted by atomic mass is 9.95. The van der Waals surface area contributed by atoms with Crippen LogP contribution in [-0.2, 0) is 22.8 Å². The van der Waals surface area contributed by atoms with Gasteiger partial charge in [-0.15, -0.1) is 11.3 Å². The molecule has 0 bridgehead atoms. The Morgan fingerprint density at radius 1 is 1.00 bits per heavy atom. The number of fused-ring (bicyclic) bond motifs is 2. The minimum atomic E-state index is -3.55. The molecule has 0 saturated heterocycles. The van der Waals surface area contributed by atoms with Gasteiger partial charge in [0.1, 0.15) is 4.88 Å². The Morgan fingerprint density at radius 2 is 1.79 bits per heavy atom. The van der Waals surface area contributed by atoms with Crippen LogP contribution in [-0.4, -0.2) is 54.1 Å². The monoisotopic (exact) mass is 561 g/mol. The highest BCUT2D eigenvalue weighted by Crippen LogP contribution is 2.48. The van der Waals surface area contributed by atoms with Crippen molar-refractivity contribution in [3.63, 3.8) is 0 Å². The van der Waals surface area contributed by atoms with E-state index in [-0.39, 0.29) is 29.1 Å². The summed E-state index contributed by atoms with van der Waals surface area (Å²) in [5, 5.41) is 7.01. The van der Waals surface area contributed by atoms with E-state index in [4.69, 9.17) is 9.97 Å². The summed E-state index contributed by atoms with van der Waals surface area (Å²) in [5.74, 6) is 1.29. The number of nitrogens with zero attached hydrogens (tertiary/aromatic N) is 3. The average molecular weight is 562 g/mol. The van der Waals surface area contributed by atoms with Gasteiger partial charge in [0.05, 0.1) is 21.2 Å². The molecule has 3 aromatic rings. The van der Waals surface area contributed by atoms with Crippen LogP contribution >= 0.6 is 11.3 Å². The molecule has 10 heteroatoms. The first-order valence-electron chi connectivity index (χ1n) is 14.1. The molecule has 2 aromatic heterocycles. The number of carbonyl (C=O) groups is 1. The van der Waals surface area contributed by atoms with Gasteiger partial charge < -0.3 is 15.5 Å². The molecule has 1 aromatic carbocycles. The maximum absolute atomic E-state index is 13.4. The fraction of sp³-hybridized carbons (Fsp3) is 0.483. The number of hydrogen-bond acceptors (Lipinski definition) is 8. The van der Waals surface area contributed by atoms with Crippen LogP contribution < -0.4 is 10.6 Å². The zero-order valence-electron chi connectivity index (χ0n) is 21.7. The Hall–Kier alpha value is -2.82. The van der Waals surface area contributed by atoms with Crippen LogP contribution in [0, 0.1) is 0 Å². The lowest BCUT2D eigenvalue weighted by Gasteiger charge is -2.21. The topological polar surface area (TPSA) is 104 Å². The second-order valence-electron chi connectivity index (χ2n) is 11.7. The van der Waals surface area contributed by atoms with Gasteiger partial charge in [-0.3, -0.25) is 4.79 Å². The fourth-order valence-corrected chi connectivity index (χ4v) is 8.95. The van der Waals surface area contributed by atoms with Crippen molar-refractivity contribution in [1.29, 1.82) is 0 Å². The van der Waals surface area contributed by atoms with Gasteiger partial charge in [-0.1, -0.05) is 6.07 Å². The van der Waals surface area contributed by atoms with Gasteiger partial charge in [-0.05, 0) is 92.1 Å². The van der Waals surface area contributed by atoms with E-state index >= 15 is 0 Å². The quantitative estimate of drug-likeness (QED) is 0.448. The van der Waals surface area contributed by atoms with Crippen molar-refractivity contribution in [2.75, 3.05) is 24.2 Å². The molecule has 0 unspecified atom stereocenters. The molecule has 0 spiro atoms. The third-order valence-corrected chi connectivity index (χ3v) is 11.6. The van der Waals surface area contributed by atoms with Crippen LogP contribution in [0.5, 0.6) is 0 Å². The highest BCUT2D eigenvalue weighted by Gasteiger charge is 2.40. The molecule has 2 N–H and O–H groups in total. The summed E-state index contributed by atoms with van der Waals surface area (Å²) in [6, 6.07) is 6.49. The molecule has 8 nitrogen and oxygen atoms in total. The van der Waals surface area contributed by atoms with Crippen LogP contribution in [0.3, 0.4) is 0 Å². The standard InChI is InChI=1S/C29H31N5O3S2/c35-28-27-25(39(36,37)10-9-34(28)20-5-6-20)13-24(38-27)26-22(17-3-4-17)15-31-29(33-26)32-23-12-18-7-8-30-14-19(18)11-21(23)16-1-2-16/h11-13,15-17,20,30H,1-10,14H2,(H,31,32,33). The van der Waals surface area contributed by atoms with Gasteiger partial charge in [0.2, 0.25) is 5.95 Å². The van der Waals surface area contributed by atoms with E-state index < -0.39 is 9.84 Å². The Balaban J connectivity index is 1.20. The zero-order valence-corrected chi connectivity index (χ0v) is 23.3. The molecule has 3 fully saturated rings. The summed E-state index contributed by atoms with van der Waals surface area (Å²) in [5.41, 5.74) is 6.94. The number of carbonyl (C=O) groups excluding carboxylic acids is 1. The molecule has 3 aliphatic carbocycles. The highest BCUT2D eigenvalue weighted by molar-refractivity contribution is 7.91. The van der Waals surface area contributed by atoms with Crippen LogP contribution in [0.15, 0.2) is 29.3 Å². The number of benzene rings is 1. The molecule has 1 amide bonds. The smallest absolute Gasteiger partial charge is 0.265 e. The maximum atomic E-state index is 13.4. The van der Waals surface area contributed by atoms with Gasteiger partial charge in [-0.2, -0.15) is 0 Å². The van der Waals surface area contributed by atoms with Crippen LogP contribution in [0.2, 0.25) is 0 Å². The molecule has 0 radical (unpaired) electrons. The van der Waals surface area contributed by atoms with Crippen molar-refractivity contribution in [3.8, 4) is 10.6 Å². The number of amides is 1. The molecule has 39 heavy (non-hydrogen) atoms. The van der Waals surface area contributed by atoms with Gasteiger partial charge in [0, 0.05) is 36.6 Å². The van der Waals surface area contributed by atoms with E-state index in [1.54, 1.807) is 11.0 Å². The molecule has 202 valence electrons. The normalized spacial score (nSPS) is 22.3. The Kier molecular flexibility index (Phi) is 5.44. The molecule has 3 saturated carbocycles. The first-order chi connectivity index (χ1) is 18.9. The Labute approximate surface area is 232 Å². The molecule has 0 atom stereocenters. The lowest BCUT2D eigenvalue weighted by Crippen LogP contribution is -2.34. The number of thiophene rings is 1. The minimum Gasteiger partial charge on any atom is -0.334 e. The molecule has 2 aliphatic heterocycles. The fourth-order valence-electron chi connectivity index (χ4n) is 6.02. The Morgan fingerprint density at radius 3 is 2.56 bits per heavy atom. The van der Waals surface area contributed by atoms with Crippen molar-refractivity contribution in [2.45, 2.75) is 74.3 Å². The average Bonchev–Trinajstić information content (AvgIpc) is 3.77. The SMILES string of the molecule is O=C1c2sc(-c3nc(Nc4cc5c(cc4C4CC4)CNCC5)ncc3C3CC3)cc2S(=O)(=O)CCN1C1CC1. The number of sulfone groups is 1. The van der Waals surface area contributed by atoms with E-state index in [1.807, 2.05) is 6.20 Å². The van der Waals surface area contributed by atoms with Crippen LogP contribution in [0.1, 0.15) is 82.3 Å². The highest BCUT2D eigenvalue weighted by atomic mass is 32.2. The van der Waals surface area contributed by atoms with Gasteiger partial charge in [0.15, 0.2) is 9.84 Å². The predicted octanol–water partition coefficient (Wildman–Crippen LogP) is 4.74. The molecule has 4 heterocycles. The first-order valence-corrected chi connectivity index (χ1v) is 16.6. The van der Waals surface area contributed by atoms with E-state index in [9.17, 15) is 13.2 Å². The van der Waals surface area contributed by atoms with Gasteiger partial charge >= 0.3 is 0 Å². The summed E-state index contributed by atoms with van der Waals surface area (Å²) < 4.78 is 26.4. The second kappa shape index (κ2) is 8.84. The zero-order chi connectivity index (χ0) is 26.3.